The maximum absolute atomic E-state index is 12.8. The van der Waals surface area contributed by atoms with Gasteiger partial charge in [-0.3, -0.25) is 9.98 Å². The van der Waals surface area contributed by atoms with Crippen LogP contribution < -0.4 is 5.32 Å². The van der Waals surface area contributed by atoms with E-state index in [-0.39, 0.29) is 36.1 Å². The van der Waals surface area contributed by atoms with E-state index in [1.165, 1.54) is 18.4 Å². The van der Waals surface area contributed by atoms with E-state index in [4.69, 9.17) is 4.74 Å². The fourth-order valence-corrected chi connectivity index (χ4v) is 3.86. The number of pyridine rings is 1. The number of nitrogens with one attached hydrogen (secondary N) is 1. The van der Waals surface area contributed by atoms with Crippen LogP contribution in [0.3, 0.4) is 0 Å². The summed E-state index contributed by atoms with van der Waals surface area (Å²) >= 11 is 0. The van der Waals surface area contributed by atoms with Crippen LogP contribution in [-0.4, -0.2) is 65.2 Å². The average Bonchev–Trinajstić information content (AvgIpc) is 3.51. The number of hydrogen-bond donors (Lipinski definition) is 1. The van der Waals surface area contributed by atoms with Gasteiger partial charge in [0.05, 0.1) is 12.2 Å². The van der Waals surface area contributed by atoms with Crippen LogP contribution in [0.2, 0.25) is 0 Å². The van der Waals surface area contributed by atoms with Gasteiger partial charge in [0.15, 0.2) is 5.96 Å². The normalized spacial score (nSPS) is 17.7. The summed E-state index contributed by atoms with van der Waals surface area (Å²) in [6.07, 6.45) is 5.96. The standard InChI is InChI=1S/C23H37N5O2.HI/c1-17-7-6-12-25-20(17)15-26-21(24-5)27-13-10-19(11-14-27)28(16-18-8-9-18)22(29)30-23(2,3)4;/h6-7,12,18-19H,8-11,13-16H2,1-5H3,(H,24,26);1H. The smallest absolute Gasteiger partial charge is 0.410 e. The van der Waals surface area contributed by atoms with Gasteiger partial charge in [-0.05, 0) is 70.9 Å². The average molecular weight is 543 g/mol. The lowest BCUT2D eigenvalue weighted by Crippen LogP contribution is -2.52. The molecule has 0 bridgehead atoms. The second-order valence-corrected chi connectivity index (χ2v) is 9.46. The van der Waals surface area contributed by atoms with Gasteiger partial charge >= 0.3 is 6.09 Å². The molecule has 1 amide bonds. The van der Waals surface area contributed by atoms with Crippen molar-refractivity contribution < 1.29 is 9.53 Å². The number of nitrogens with zero attached hydrogens (tertiary/aromatic N) is 4. The molecule has 1 saturated carbocycles. The van der Waals surface area contributed by atoms with E-state index in [2.05, 4.69) is 33.2 Å². The first-order valence-electron chi connectivity index (χ1n) is 11.1. The van der Waals surface area contributed by atoms with Gasteiger partial charge in [0, 0.05) is 38.9 Å². The molecule has 1 N–H and O–H groups in total. The highest BCUT2D eigenvalue weighted by molar-refractivity contribution is 14.0. The molecule has 2 heterocycles. The van der Waals surface area contributed by atoms with Crippen molar-refractivity contribution >= 4 is 36.0 Å². The fraction of sp³-hybridized carbons (Fsp3) is 0.696. The Morgan fingerprint density at radius 1 is 1.29 bits per heavy atom. The first kappa shape index (κ1) is 25.7. The van der Waals surface area contributed by atoms with Crippen molar-refractivity contribution in [2.24, 2.45) is 10.9 Å². The van der Waals surface area contributed by atoms with E-state index in [0.717, 1.165) is 44.1 Å². The number of aryl methyl sites for hydroxylation is 1. The number of hydrogen-bond acceptors (Lipinski definition) is 4. The number of ether oxygens (including phenoxy) is 1. The molecule has 2 fully saturated rings. The molecule has 0 aromatic carbocycles. The lowest BCUT2D eigenvalue weighted by Gasteiger charge is -2.40. The topological polar surface area (TPSA) is 70.1 Å². The van der Waals surface area contributed by atoms with Crippen molar-refractivity contribution in [3.05, 3.63) is 29.6 Å². The van der Waals surface area contributed by atoms with E-state index in [0.29, 0.717) is 12.5 Å². The lowest BCUT2D eigenvalue weighted by atomic mass is 10.0. The third kappa shape index (κ3) is 7.80. The minimum Gasteiger partial charge on any atom is -0.444 e. The quantitative estimate of drug-likeness (QED) is 0.343. The monoisotopic (exact) mass is 543 g/mol. The molecule has 1 aliphatic carbocycles. The maximum atomic E-state index is 12.8. The van der Waals surface area contributed by atoms with Crippen molar-refractivity contribution in [2.75, 3.05) is 26.7 Å². The molecule has 8 heteroatoms. The van der Waals surface area contributed by atoms with E-state index in [1.807, 2.05) is 45.0 Å². The molecule has 0 spiro atoms. The van der Waals surface area contributed by atoms with Crippen molar-refractivity contribution in [1.82, 2.24) is 20.1 Å². The van der Waals surface area contributed by atoms with Crippen molar-refractivity contribution in [3.63, 3.8) is 0 Å². The number of aliphatic imine (C=N–C) groups is 1. The molecular weight excluding hydrogens is 505 g/mol. The van der Waals surface area contributed by atoms with Crippen LogP contribution in [-0.2, 0) is 11.3 Å². The van der Waals surface area contributed by atoms with Gasteiger partial charge in [-0.1, -0.05) is 6.07 Å². The van der Waals surface area contributed by atoms with Crippen LogP contribution >= 0.6 is 24.0 Å². The number of rotatable bonds is 5. The predicted octanol–water partition coefficient (Wildman–Crippen LogP) is 4.19. The highest BCUT2D eigenvalue weighted by Crippen LogP contribution is 2.32. The fourth-order valence-electron chi connectivity index (χ4n) is 3.86. The molecular formula is C23H38IN5O2. The zero-order valence-electron chi connectivity index (χ0n) is 19.6. The van der Waals surface area contributed by atoms with E-state index >= 15 is 0 Å². The Kier molecular flexibility index (Phi) is 9.39. The van der Waals surface area contributed by atoms with Gasteiger partial charge in [0.25, 0.3) is 0 Å². The minimum atomic E-state index is -0.463. The summed E-state index contributed by atoms with van der Waals surface area (Å²) in [5.41, 5.74) is 1.75. The Bertz CT molecular complexity index is 753. The van der Waals surface area contributed by atoms with Crippen LogP contribution in [0, 0.1) is 12.8 Å². The third-order valence-corrected chi connectivity index (χ3v) is 5.73. The first-order valence-corrected chi connectivity index (χ1v) is 11.1. The van der Waals surface area contributed by atoms with Crippen molar-refractivity contribution in [1.29, 1.82) is 0 Å². The second kappa shape index (κ2) is 11.3. The SMILES string of the molecule is CN=C(NCc1ncccc1C)N1CCC(N(CC2CC2)C(=O)OC(C)(C)C)CC1.I. The highest BCUT2D eigenvalue weighted by Gasteiger charge is 2.35. The molecule has 174 valence electrons. The Hall–Kier alpha value is -1.58. The zero-order chi connectivity index (χ0) is 21.7. The third-order valence-electron chi connectivity index (χ3n) is 5.73. The Labute approximate surface area is 204 Å². The summed E-state index contributed by atoms with van der Waals surface area (Å²) < 4.78 is 5.71. The van der Waals surface area contributed by atoms with Gasteiger partial charge in [-0.2, -0.15) is 0 Å². The zero-order valence-corrected chi connectivity index (χ0v) is 21.9. The Morgan fingerprint density at radius 2 is 1.97 bits per heavy atom. The van der Waals surface area contributed by atoms with Crippen molar-refractivity contribution in [2.45, 2.75) is 71.6 Å². The second-order valence-electron chi connectivity index (χ2n) is 9.46. The van der Waals surface area contributed by atoms with Crippen LogP contribution in [0.1, 0.15) is 57.7 Å². The molecule has 1 aromatic heterocycles. The lowest BCUT2D eigenvalue weighted by molar-refractivity contribution is 0.00928. The molecule has 0 radical (unpaired) electrons. The molecule has 2 aliphatic rings. The molecule has 31 heavy (non-hydrogen) atoms. The summed E-state index contributed by atoms with van der Waals surface area (Å²) in [6, 6.07) is 4.26. The number of carbonyl (C=O) groups excluding carboxylic acids is 1. The summed E-state index contributed by atoms with van der Waals surface area (Å²) in [7, 11) is 1.82. The molecule has 0 atom stereocenters. The summed E-state index contributed by atoms with van der Waals surface area (Å²) in [5, 5.41) is 3.44. The largest absolute Gasteiger partial charge is 0.444 e. The predicted molar refractivity (Wildman–Crippen MR) is 135 cm³/mol. The van der Waals surface area contributed by atoms with Crippen LogP contribution in [0.5, 0.6) is 0 Å². The number of likely N-dealkylation sites (tertiary alicyclic amines) is 1. The van der Waals surface area contributed by atoms with E-state index in [1.54, 1.807) is 0 Å². The van der Waals surface area contributed by atoms with Crippen LogP contribution in [0.4, 0.5) is 4.79 Å². The molecule has 7 nitrogen and oxygen atoms in total. The molecule has 1 saturated heterocycles. The number of guanidine groups is 1. The van der Waals surface area contributed by atoms with Gasteiger partial charge < -0.3 is 19.9 Å². The number of aromatic nitrogens is 1. The van der Waals surface area contributed by atoms with Gasteiger partial charge in [-0.25, -0.2) is 4.79 Å². The number of amides is 1. The maximum Gasteiger partial charge on any atom is 0.410 e. The minimum absolute atomic E-state index is 0. The number of piperidine rings is 1. The van der Waals surface area contributed by atoms with Gasteiger partial charge in [-0.15, -0.1) is 24.0 Å². The number of carbonyl (C=O) groups is 1. The molecule has 3 rings (SSSR count). The first-order chi connectivity index (χ1) is 14.3. The van der Waals surface area contributed by atoms with Gasteiger partial charge in [0.1, 0.15) is 5.60 Å². The van der Waals surface area contributed by atoms with E-state index in [9.17, 15) is 4.79 Å². The summed E-state index contributed by atoms with van der Waals surface area (Å²) in [6.45, 7) is 11.1. The van der Waals surface area contributed by atoms with Crippen LogP contribution in [0.15, 0.2) is 23.3 Å². The summed E-state index contributed by atoms with van der Waals surface area (Å²) in [4.78, 5) is 26.0. The van der Waals surface area contributed by atoms with Gasteiger partial charge in [0.2, 0.25) is 0 Å². The Morgan fingerprint density at radius 3 is 2.52 bits per heavy atom. The number of halogens is 1. The summed E-state index contributed by atoms with van der Waals surface area (Å²) in [5.74, 6) is 1.54. The van der Waals surface area contributed by atoms with E-state index < -0.39 is 5.60 Å². The Balaban J connectivity index is 0.00000341. The van der Waals surface area contributed by atoms with Crippen LogP contribution in [0.25, 0.3) is 0 Å². The molecule has 0 unspecified atom stereocenters. The molecule has 1 aliphatic heterocycles. The van der Waals surface area contributed by atoms with Crippen molar-refractivity contribution in [3.8, 4) is 0 Å². The highest BCUT2D eigenvalue weighted by atomic mass is 127. The molecule has 1 aromatic rings.